The summed E-state index contributed by atoms with van der Waals surface area (Å²) in [5.74, 6) is 0.842. The van der Waals surface area contributed by atoms with Crippen LogP contribution in [0.4, 0.5) is 8.78 Å². The summed E-state index contributed by atoms with van der Waals surface area (Å²) in [7, 11) is 0. The second kappa shape index (κ2) is 15.6. The molecule has 8 aromatic rings. The third-order valence-corrected chi connectivity index (χ3v) is 8.90. The van der Waals surface area contributed by atoms with Crippen molar-refractivity contribution in [3.05, 3.63) is 192 Å². The van der Waals surface area contributed by atoms with Crippen LogP contribution in [-0.2, 0) is 12.8 Å². The molecule has 0 aliphatic carbocycles. The molecule has 0 atom stereocenters. The van der Waals surface area contributed by atoms with Gasteiger partial charge in [0.05, 0.1) is 22.4 Å². The van der Waals surface area contributed by atoms with Crippen LogP contribution in [0, 0.1) is 11.6 Å². The minimum absolute atomic E-state index is 0.220. The van der Waals surface area contributed by atoms with Gasteiger partial charge in [-0.05, 0) is 110 Å². The van der Waals surface area contributed by atoms with Gasteiger partial charge in [0.25, 0.3) is 0 Å². The normalized spacial score (nSPS) is 11.8. The van der Waals surface area contributed by atoms with Crippen LogP contribution in [0.15, 0.2) is 158 Å². The van der Waals surface area contributed by atoms with Gasteiger partial charge in [-0.2, -0.15) is 0 Å². The molecule has 0 saturated heterocycles. The largest absolute Gasteiger partial charge is 0.278 e. The van der Waals surface area contributed by atoms with E-state index in [4.69, 9.17) is 0 Å². The van der Waals surface area contributed by atoms with Crippen molar-refractivity contribution in [2.45, 2.75) is 26.7 Å². The van der Waals surface area contributed by atoms with E-state index in [-0.39, 0.29) is 11.6 Å². The molecule has 8 heteroatoms. The number of hydrogen-bond acceptors (Lipinski definition) is 4. The van der Waals surface area contributed by atoms with Gasteiger partial charge in [0.1, 0.15) is 11.6 Å². The SMILES string of the molecule is C/C=C(\Cc1ccc(F)cc1)c1cc2ccccc2n1-c1ncccn1.C/C=C(\Cc1ccc(F)cc1)c1cc2ccccc2n1-c1ncccn1. The first kappa shape index (κ1) is 33.9. The van der Waals surface area contributed by atoms with Crippen LogP contribution in [-0.4, -0.2) is 29.1 Å². The molecule has 0 amide bonds. The van der Waals surface area contributed by atoms with Gasteiger partial charge in [-0.15, -0.1) is 0 Å². The van der Waals surface area contributed by atoms with Crippen molar-refractivity contribution in [2.24, 2.45) is 0 Å². The maximum absolute atomic E-state index is 13.2. The summed E-state index contributed by atoms with van der Waals surface area (Å²) in [6.07, 6.45) is 12.6. The Balaban J connectivity index is 0.000000162. The number of rotatable bonds is 8. The Hall–Kier alpha value is -6.54. The first-order chi connectivity index (χ1) is 25.5. The summed E-state index contributed by atoms with van der Waals surface area (Å²) in [4.78, 5) is 17.8. The molecule has 0 saturated carbocycles. The van der Waals surface area contributed by atoms with Crippen molar-refractivity contribution >= 4 is 33.0 Å². The Bertz CT molecular complexity index is 2300. The average molecular weight is 687 g/mol. The zero-order valence-corrected chi connectivity index (χ0v) is 28.9. The molecule has 0 spiro atoms. The minimum Gasteiger partial charge on any atom is -0.278 e. The minimum atomic E-state index is -0.220. The number of aromatic nitrogens is 6. The molecule has 0 fully saturated rings. The zero-order valence-electron chi connectivity index (χ0n) is 28.9. The fraction of sp³-hybridized carbons (Fsp3) is 0.0909. The molecule has 52 heavy (non-hydrogen) atoms. The smallest absolute Gasteiger partial charge is 0.234 e. The number of fused-ring (bicyclic) bond motifs is 2. The standard InChI is InChI=1S/2C22H18FN3/c2*1-2-17(14-16-8-10-19(23)11-9-16)21-15-18-6-3-4-7-20(18)26(21)22-24-12-5-13-25-22/h2*2-13,15H,14H2,1H3/b2*17-2+. The van der Waals surface area contributed by atoms with Gasteiger partial charge in [0.15, 0.2) is 0 Å². The Morgan fingerprint density at radius 2 is 0.865 bits per heavy atom. The van der Waals surface area contributed by atoms with Gasteiger partial charge >= 0.3 is 0 Å². The Morgan fingerprint density at radius 3 is 1.23 bits per heavy atom. The van der Waals surface area contributed by atoms with E-state index in [1.807, 2.05) is 74.5 Å². The highest BCUT2D eigenvalue weighted by Gasteiger charge is 2.17. The number of halogens is 2. The van der Waals surface area contributed by atoms with E-state index < -0.39 is 0 Å². The summed E-state index contributed by atoms with van der Waals surface area (Å²) >= 11 is 0. The van der Waals surface area contributed by atoms with E-state index in [2.05, 4.69) is 77.6 Å². The predicted octanol–water partition coefficient (Wildman–Crippen LogP) is 10.4. The quantitative estimate of drug-likeness (QED) is 0.160. The van der Waals surface area contributed by atoms with E-state index >= 15 is 0 Å². The van der Waals surface area contributed by atoms with Crippen LogP contribution in [0.2, 0.25) is 0 Å². The molecule has 4 heterocycles. The molecule has 4 aromatic carbocycles. The van der Waals surface area contributed by atoms with Gasteiger partial charge in [-0.1, -0.05) is 72.8 Å². The first-order valence-corrected chi connectivity index (χ1v) is 17.1. The monoisotopic (exact) mass is 686 g/mol. The fourth-order valence-electron chi connectivity index (χ4n) is 6.35. The van der Waals surface area contributed by atoms with E-state index in [0.717, 1.165) is 55.5 Å². The van der Waals surface area contributed by atoms with E-state index in [1.165, 1.54) is 24.3 Å². The predicted molar refractivity (Wildman–Crippen MR) is 205 cm³/mol. The van der Waals surface area contributed by atoms with E-state index in [9.17, 15) is 8.78 Å². The van der Waals surface area contributed by atoms with Gasteiger partial charge in [0.2, 0.25) is 11.9 Å². The molecule has 6 nitrogen and oxygen atoms in total. The van der Waals surface area contributed by atoms with Crippen molar-refractivity contribution < 1.29 is 8.78 Å². The maximum atomic E-state index is 13.2. The van der Waals surface area contributed by atoms with Crippen molar-refractivity contribution in [3.8, 4) is 11.9 Å². The maximum Gasteiger partial charge on any atom is 0.234 e. The van der Waals surface area contributed by atoms with E-state index in [0.29, 0.717) is 24.7 Å². The number of benzene rings is 4. The van der Waals surface area contributed by atoms with Gasteiger partial charge < -0.3 is 0 Å². The van der Waals surface area contributed by atoms with Crippen LogP contribution >= 0.6 is 0 Å². The summed E-state index contributed by atoms with van der Waals surface area (Å²) < 4.78 is 30.6. The lowest BCUT2D eigenvalue weighted by Crippen LogP contribution is -2.05. The molecule has 0 unspecified atom stereocenters. The number of para-hydroxylation sites is 2. The van der Waals surface area contributed by atoms with Crippen LogP contribution in [0.1, 0.15) is 36.4 Å². The summed E-state index contributed by atoms with van der Waals surface area (Å²) in [6, 6.07) is 37.6. The lowest BCUT2D eigenvalue weighted by atomic mass is 10.0. The molecule has 0 bridgehead atoms. The summed E-state index contributed by atoms with van der Waals surface area (Å²) in [5, 5.41) is 2.27. The highest BCUT2D eigenvalue weighted by molar-refractivity contribution is 5.88. The summed E-state index contributed by atoms with van der Waals surface area (Å²) in [5.41, 5.74) is 8.61. The van der Waals surface area contributed by atoms with Crippen molar-refractivity contribution in [3.63, 3.8) is 0 Å². The Labute approximate surface area is 301 Å². The van der Waals surface area contributed by atoms with Crippen LogP contribution in [0.3, 0.4) is 0 Å². The van der Waals surface area contributed by atoms with Gasteiger partial charge in [0, 0.05) is 35.6 Å². The van der Waals surface area contributed by atoms with Crippen molar-refractivity contribution in [1.82, 2.24) is 29.1 Å². The second-order valence-corrected chi connectivity index (χ2v) is 12.2. The average Bonchev–Trinajstić information content (AvgIpc) is 3.78. The lowest BCUT2D eigenvalue weighted by Gasteiger charge is -2.12. The zero-order chi connectivity index (χ0) is 35.9. The highest BCUT2D eigenvalue weighted by Crippen LogP contribution is 2.31. The molecule has 0 radical (unpaired) electrons. The Kier molecular flexibility index (Phi) is 10.2. The molecule has 8 rings (SSSR count). The Morgan fingerprint density at radius 1 is 0.500 bits per heavy atom. The molecule has 0 aliphatic rings. The third-order valence-electron chi connectivity index (χ3n) is 8.90. The third kappa shape index (κ3) is 7.32. The molecule has 0 N–H and O–H groups in total. The molecular weight excluding hydrogens is 651 g/mol. The lowest BCUT2D eigenvalue weighted by molar-refractivity contribution is 0.627. The molecule has 0 aliphatic heterocycles. The van der Waals surface area contributed by atoms with Crippen molar-refractivity contribution in [2.75, 3.05) is 0 Å². The fourth-order valence-corrected chi connectivity index (χ4v) is 6.35. The highest BCUT2D eigenvalue weighted by atomic mass is 19.1. The summed E-state index contributed by atoms with van der Waals surface area (Å²) in [6.45, 7) is 4.04. The van der Waals surface area contributed by atoms with Crippen LogP contribution < -0.4 is 0 Å². The number of allylic oxidation sites excluding steroid dienone is 4. The van der Waals surface area contributed by atoms with Gasteiger partial charge in [-0.25, -0.2) is 28.7 Å². The van der Waals surface area contributed by atoms with Crippen LogP contribution in [0.25, 0.3) is 44.8 Å². The van der Waals surface area contributed by atoms with Crippen LogP contribution in [0.5, 0.6) is 0 Å². The number of nitrogens with zero attached hydrogens (tertiary/aromatic N) is 6. The molecular formula is C44H36F2N6. The molecule has 256 valence electrons. The second-order valence-electron chi connectivity index (χ2n) is 12.2. The van der Waals surface area contributed by atoms with Crippen molar-refractivity contribution in [1.29, 1.82) is 0 Å². The van der Waals surface area contributed by atoms with Gasteiger partial charge in [-0.3, -0.25) is 9.13 Å². The topological polar surface area (TPSA) is 61.4 Å². The molecule has 4 aromatic heterocycles. The van der Waals surface area contributed by atoms with E-state index in [1.54, 1.807) is 24.8 Å². The first-order valence-electron chi connectivity index (χ1n) is 17.1. The number of hydrogen-bond donors (Lipinski definition) is 0.